The normalized spacial score (nSPS) is 11.5. The fourth-order valence-electron chi connectivity index (χ4n) is 2.74. The summed E-state index contributed by atoms with van der Waals surface area (Å²) in [6.45, 7) is 6.22. The number of nitrogens with zero attached hydrogens (tertiary/aromatic N) is 2. The molecule has 0 unspecified atom stereocenters. The van der Waals surface area contributed by atoms with Gasteiger partial charge in [0.15, 0.2) is 5.13 Å². The number of nitrogens with one attached hydrogen (secondary N) is 1. The van der Waals surface area contributed by atoms with Crippen LogP contribution >= 0.6 is 22.7 Å². The number of hydrogen-bond acceptors (Lipinski definition) is 6. The second kappa shape index (κ2) is 6.34. The van der Waals surface area contributed by atoms with Crippen LogP contribution in [0.4, 0.5) is 10.8 Å². The average molecular weight is 383 g/mol. The molecule has 0 saturated carbocycles. The van der Waals surface area contributed by atoms with Crippen molar-refractivity contribution in [2.24, 2.45) is 0 Å². The number of aryl methyl sites for hydroxylation is 1. The van der Waals surface area contributed by atoms with E-state index in [0.717, 1.165) is 26.1 Å². The zero-order chi connectivity index (χ0) is 18.4. The minimum atomic E-state index is -0.243. The van der Waals surface area contributed by atoms with E-state index in [1.165, 1.54) is 28.2 Å². The van der Waals surface area contributed by atoms with E-state index in [4.69, 9.17) is 5.73 Å². The smallest absolute Gasteiger partial charge is 0.269 e. The molecule has 0 aliphatic carbocycles. The lowest BCUT2D eigenvalue weighted by molar-refractivity contribution is 0.103. The van der Waals surface area contributed by atoms with Gasteiger partial charge in [-0.2, -0.15) is 0 Å². The third kappa shape index (κ3) is 2.93. The summed E-state index contributed by atoms with van der Waals surface area (Å²) < 4.78 is 1.05. The van der Waals surface area contributed by atoms with Crippen LogP contribution < -0.4 is 11.1 Å². The van der Waals surface area contributed by atoms with Crippen molar-refractivity contribution < 1.29 is 4.79 Å². The fourth-order valence-corrected chi connectivity index (χ4v) is 4.70. The van der Waals surface area contributed by atoms with Gasteiger partial charge in [-0.3, -0.25) is 10.1 Å². The molecule has 132 valence electrons. The summed E-state index contributed by atoms with van der Waals surface area (Å²) in [5.41, 5.74) is 9.72. The Balaban J connectivity index is 1.67. The average Bonchev–Trinajstić information content (AvgIpc) is 3.14. The van der Waals surface area contributed by atoms with Gasteiger partial charge in [-0.1, -0.05) is 31.3 Å². The van der Waals surface area contributed by atoms with Gasteiger partial charge in [0.1, 0.15) is 9.71 Å². The van der Waals surface area contributed by atoms with Crippen molar-refractivity contribution in [3.63, 3.8) is 0 Å². The number of thiazole rings is 1. The summed E-state index contributed by atoms with van der Waals surface area (Å²) in [6, 6.07) is 9.94. The van der Waals surface area contributed by atoms with Crippen molar-refractivity contribution in [2.45, 2.75) is 26.7 Å². The van der Waals surface area contributed by atoms with Crippen molar-refractivity contribution in [3.8, 4) is 0 Å². The number of hydrogen-bond donors (Lipinski definition) is 2. The van der Waals surface area contributed by atoms with Gasteiger partial charge in [0.25, 0.3) is 5.91 Å². The standard InChI is InChI=1S/C19H18N4OS2/c1-9(2)12-7-5-11-15(20)16(26-18(11)21-12)17(24)23-19-22-13-6-4-10(3)8-14(13)25-19/h4-9H,20H2,1-3H3,(H,22,23,24). The van der Waals surface area contributed by atoms with Crippen LogP contribution in [-0.2, 0) is 0 Å². The highest BCUT2D eigenvalue weighted by molar-refractivity contribution is 7.23. The van der Waals surface area contributed by atoms with Crippen molar-refractivity contribution in [2.75, 3.05) is 11.1 Å². The fraction of sp³-hybridized carbons (Fsp3) is 0.211. The molecule has 0 aliphatic rings. The lowest BCUT2D eigenvalue weighted by atomic mass is 10.1. The van der Waals surface area contributed by atoms with Gasteiger partial charge < -0.3 is 5.73 Å². The largest absolute Gasteiger partial charge is 0.397 e. The number of carbonyl (C=O) groups is 1. The topological polar surface area (TPSA) is 80.9 Å². The first-order valence-electron chi connectivity index (χ1n) is 8.30. The Morgan fingerprint density at radius 1 is 1.15 bits per heavy atom. The Morgan fingerprint density at radius 3 is 2.73 bits per heavy atom. The molecule has 7 heteroatoms. The van der Waals surface area contributed by atoms with E-state index in [2.05, 4.69) is 35.2 Å². The molecule has 0 atom stereocenters. The lowest BCUT2D eigenvalue weighted by Gasteiger charge is -2.03. The molecule has 0 spiro atoms. The number of amides is 1. The summed E-state index contributed by atoms with van der Waals surface area (Å²) in [5, 5.41) is 4.27. The Morgan fingerprint density at radius 2 is 1.96 bits per heavy atom. The van der Waals surface area contributed by atoms with E-state index < -0.39 is 0 Å². The van der Waals surface area contributed by atoms with E-state index in [0.29, 0.717) is 21.6 Å². The number of benzene rings is 1. The molecule has 26 heavy (non-hydrogen) atoms. The molecule has 4 aromatic rings. The maximum atomic E-state index is 12.7. The Bertz CT molecular complexity index is 1140. The molecule has 3 aromatic heterocycles. The van der Waals surface area contributed by atoms with Crippen LogP contribution in [0.5, 0.6) is 0 Å². The summed E-state index contributed by atoms with van der Waals surface area (Å²) in [4.78, 5) is 23.1. The van der Waals surface area contributed by atoms with E-state index >= 15 is 0 Å². The molecule has 4 rings (SSSR count). The summed E-state index contributed by atoms with van der Waals surface area (Å²) in [7, 11) is 0. The van der Waals surface area contributed by atoms with E-state index in [1.54, 1.807) is 0 Å². The Hall–Kier alpha value is -2.51. The van der Waals surface area contributed by atoms with Crippen molar-refractivity contribution in [1.29, 1.82) is 0 Å². The number of pyridine rings is 1. The molecule has 1 amide bonds. The molecule has 0 aliphatic heterocycles. The van der Waals surface area contributed by atoms with E-state index in [1.807, 2.05) is 31.2 Å². The molecule has 0 bridgehead atoms. The molecular weight excluding hydrogens is 364 g/mol. The predicted octanol–water partition coefficient (Wildman–Crippen LogP) is 5.17. The molecule has 3 N–H and O–H groups in total. The van der Waals surface area contributed by atoms with Crippen molar-refractivity contribution >= 4 is 59.8 Å². The van der Waals surface area contributed by atoms with Gasteiger partial charge in [0, 0.05) is 11.1 Å². The third-order valence-corrected chi connectivity index (χ3v) is 6.23. The quantitative estimate of drug-likeness (QED) is 0.512. The number of rotatable bonds is 3. The van der Waals surface area contributed by atoms with Crippen LogP contribution in [0.25, 0.3) is 20.4 Å². The molecule has 1 aromatic carbocycles. The van der Waals surface area contributed by atoms with E-state index in [9.17, 15) is 4.79 Å². The molecule has 3 heterocycles. The lowest BCUT2D eigenvalue weighted by Crippen LogP contribution is -2.11. The van der Waals surface area contributed by atoms with Gasteiger partial charge in [0.2, 0.25) is 0 Å². The van der Waals surface area contributed by atoms with Crippen LogP contribution in [0.3, 0.4) is 0 Å². The van der Waals surface area contributed by atoms with E-state index in [-0.39, 0.29) is 5.91 Å². The summed E-state index contributed by atoms with van der Waals surface area (Å²) in [5.74, 6) is 0.0820. The van der Waals surface area contributed by atoms with Gasteiger partial charge >= 0.3 is 0 Å². The number of fused-ring (bicyclic) bond motifs is 2. The number of anilines is 2. The number of nitrogen functional groups attached to an aromatic ring is 1. The Kier molecular flexibility index (Phi) is 4.13. The third-order valence-electron chi connectivity index (χ3n) is 4.18. The molecule has 0 radical (unpaired) electrons. The second-order valence-corrected chi connectivity index (χ2v) is 8.56. The number of nitrogens with two attached hydrogens (primary N) is 1. The van der Waals surface area contributed by atoms with Crippen LogP contribution in [0, 0.1) is 6.92 Å². The SMILES string of the molecule is Cc1ccc2nc(NC(=O)c3sc4nc(C(C)C)ccc4c3N)sc2c1. The maximum absolute atomic E-state index is 12.7. The number of aromatic nitrogens is 2. The van der Waals surface area contributed by atoms with Crippen LogP contribution in [0.1, 0.15) is 40.7 Å². The van der Waals surface area contributed by atoms with Crippen LogP contribution in [-0.4, -0.2) is 15.9 Å². The first-order chi connectivity index (χ1) is 12.4. The monoisotopic (exact) mass is 382 g/mol. The molecule has 0 saturated heterocycles. The first-order valence-corrected chi connectivity index (χ1v) is 9.93. The van der Waals surface area contributed by atoms with Gasteiger partial charge in [-0.05, 0) is 42.7 Å². The minimum absolute atomic E-state index is 0.243. The van der Waals surface area contributed by atoms with Crippen molar-refractivity contribution in [1.82, 2.24) is 9.97 Å². The molecule has 5 nitrogen and oxygen atoms in total. The van der Waals surface area contributed by atoms with Crippen molar-refractivity contribution in [3.05, 3.63) is 46.5 Å². The number of carbonyl (C=O) groups excluding carboxylic acids is 1. The highest BCUT2D eigenvalue weighted by Crippen LogP contribution is 2.34. The maximum Gasteiger partial charge on any atom is 0.269 e. The predicted molar refractivity (Wildman–Crippen MR) is 110 cm³/mol. The first kappa shape index (κ1) is 16.9. The highest BCUT2D eigenvalue weighted by Gasteiger charge is 2.19. The zero-order valence-electron chi connectivity index (χ0n) is 14.7. The summed E-state index contributed by atoms with van der Waals surface area (Å²) in [6.07, 6.45) is 0. The molecule has 0 fully saturated rings. The van der Waals surface area contributed by atoms with Gasteiger partial charge in [-0.15, -0.1) is 11.3 Å². The van der Waals surface area contributed by atoms with Crippen LogP contribution in [0.2, 0.25) is 0 Å². The summed E-state index contributed by atoms with van der Waals surface area (Å²) >= 11 is 2.78. The Labute approximate surface area is 158 Å². The minimum Gasteiger partial charge on any atom is -0.397 e. The highest BCUT2D eigenvalue weighted by atomic mass is 32.1. The van der Waals surface area contributed by atoms with Gasteiger partial charge in [0.05, 0.1) is 15.9 Å². The molecular formula is C19H18N4OS2. The second-order valence-electron chi connectivity index (χ2n) is 6.53. The number of thiophene rings is 1. The zero-order valence-corrected chi connectivity index (χ0v) is 16.3. The van der Waals surface area contributed by atoms with Gasteiger partial charge in [-0.25, -0.2) is 9.97 Å². The van der Waals surface area contributed by atoms with Crippen LogP contribution in [0.15, 0.2) is 30.3 Å².